The van der Waals surface area contributed by atoms with Crippen molar-refractivity contribution < 1.29 is 8.78 Å². The quantitative estimate of drug-likeness (QED) is 0.825. The van der Waals surface area contributed by atoms with E-state index in [0.717, 1.165) is 4.88 Å². The predicted molar refractivity (Wildman–Crippen MR) is 56.1 cm³/mol. The average molecular weight is 239 g/mol. The molecule has 0 fully saturated rings. The first-order valence-corrected chi connectivity index (χ1v) is 5.37. The van der Waals surface area contributed by atoms with Gasteiger partial charge in [0.05, 0.1) is 23.1 Å². The van der Waals surface area contributed by atoms with E-state index >= 15 is 0 Å². The van der Waals surface area contributed by atoms with Crippen molar-refractivity contribution in [2.75, 3.05) is 0 Å². The van der Waals surface area contributed by atoms with Crippen molar-refractivity contribution in [1.82, 2.24) is 9.78 Å². The Morgan fingerprint density at radius 1 is 1.56 bits per heavy atom. The van der Waals surface area contributed by atoms with Crippen molar-refractivity contribution in [3.63, 3.8) is 0 Å². The Morgan fingerprint density at radius 3 is 2.94 bits per heavy atom. The second-order valence-corrected chi connectivity index (χ2v) is 4.00. The summed E-state index contributed by atoms with van der Waals surface area (Å²) in [4.78, 5) is 0.818. The zero-order valence-electron chi connectivity index (χ0n) is 8.10. The molecule has 0 aliphatic rings. The summed E-state index contributed by atoms with van der Waals surface area (Å²) >= 11 is 1.42. The minimum absolute atomic E-state index is 0.0668. The molecule has 2 rings (SSSR count). The summed E-state index contributed by atoms with van der Waals surface area (Å²) in [5, 5.41) is 14.2. The first kappa shape index (κ1) is 10.8. The third-order valence-electron chi connectivity index (χ3n) is 2.03. The van der Waals surface area contributed by atoms with Crippen LogP contribution in [0.25, 0.3) is 10.6 Å². The number of thiophene rings is 1. The molecule has 82 valence electrons. The molecule has 0 aliphatic carbocycles. The van der Waals surface area contributed by atoms with Gasteiger partial charge in [0.25, 0.3) is 0 Å². The third kappa shape index (κ3) is 1.95. The van der Waals surface area contributed by atoms with Gasteiger partial charge in [-0.1, -0.05) is 6.07 Å². The summed E-state index contributed by atoms with van der Waals surface area (Å²) in [6.45, 7) is -2.71. The van der Waals surface area contributed by atoms with E-state index in [1.165, 1.54) is 17.4 Å². The minimum atomic E-state index is -2.71. The van der Waals surface area contributed by atoms with Crippen LogP contribution in [0.15, 0.2) is 23.6 Å². The van der Waals surface area contributed by atoms with Crippen LogP contribution in [0.4, 0.5) is 8.78 Å². The van der Waals surface area contributed by atoms with Gasteiger partial charge in [-0.2, -0.15) is 19.1 Å². The highest BCUT2D eigenvalue weighted by Crippen LogP contribution is 2.26. The zero-order valence-corrected chi connectivity index (χ0v) is 8.92. The number of nitriles is 1. The molecule has 0 aliphatic heterocycles. The summed E-state index contributed by atoms with van der Waals surface area (Å²) < 4.78 is 25.8. The van der Waals surface area contributed by atoms with Crippen LogP contribution in [0.2, 0.25) is 0 Å². The van der Waals surface area contributed by atoms with E-state index in [-0.39, 0.29) is 12.1 Å². The molecule has 16 heavy (non-hydrogen) atoms. The van der Waals surface area contributed by atoms with E-state index in [0.29, 0.717) is 10.4 Å². The molecule has 0 radical (unpaired) electrons. The van der Waals surface area contributed by atoms with Gasteiger partial charge in [-0.25, -0.2) is 4.68 Å². The Labute approximate surface area is 94.6 Å². The molecule has 2 heterocycles. The number of alkyl halides is 2. The first-order valence-electron chi connectivity index (χ1n) is 4.50. The zero-order chi connectivity index (χ0) is 11.5. The van der Waals surface area contributed by atoms with Crippen LogP contribution in [0.5, 0.6) is 0 Å². The Balaban J connectivity index is 2.43. The molecule has 0 amide bonds. The molecule has 2 aromatic heterocycles. The van der Waals surface area contributed by atoms with E-state index in [1.54, 1.807) is 6.07 Å². The Kier molecular flexibility index (Phi) is 2.97. The molecule has 0 unspecified atom stereocenters. The average Bonchev–Trinajstić information content (AvgIpc) is 2.83. The maximum Gasteiger partial charge on any atom is 0.333 e. The van der Waals surface area contributed by atoms with Crippen LogP contribution >= 0.6 is 11.3 Å². The van der Waals surface area contributed by atoms with Crippen LogP contribution in [0.3, 0.4) is 0 Å². The molecule has 0 saturated carbocycles. The fraction of sp³-hybridized carbons (Fsp3) is 0.200. The van der Waals surface area contributed by atoms with E-state index in [9.17, 15) is 8.78 Å². The van der Waals surface area contributed by atoms with Crippen LogP contribution in [0.1, 0.15) is 12.2 Å². The topological polar surface area (TPSA) is 41.6 Å². The molecule has 0 atom stereocenters. The van der Waals surface area contributed by atoms with Crippen molar-refractivity contribution in [3.8, 4) is 16.6 Å². The first-order chi connectivity index (χ1) is 7.72. The van der Waals surface area contributed by atoms with Crippen molar-refractivity contribution >= 4 is 11.3 Å². The predicted octanol–water partition coefficient (Wildman–Crippen LogP) is 3.07. The lowest BCUT2D eigenvalue weighted by molar-refractivity contribution is 0.0542. The largest absolute Gasteiger partial charge is 0.333 e. The minimum Gasteiger partial charge on any atom is -0.207 e. The normalized spacial score (nSPS) is 10.6. The Morgan fingerprint density at radius 2 is 2.38 bits per heavy atom. The summed E-state index contributed by atoms with van der Waals surface area (Å²) in [5.74, 6) is 0. The maximum absolute atomic E-state index is 12.6. The van der Waals surface area contributed by atoms with Gasteiger partial charge in [-0.3, -0.25) is 0 Å². The standard InChI is InChI=1S/C10H7F2N3S/c11-10(12)15-7(3-4-13)6-8(14-15)9-2-1-5-16-9/h1-2,5-6,10H,3H2. The summed E-state index contributed by atoms with van der Waals surface area (Å²) in [6.07, 6.45) is -0.0668. The lowest BCUT2D eigenvalue weighted by atomic mass is 10.3. The lowest BCUT2D eigenvalue weighted by Gasteiger charge is -2.01. The summed E-state index contributed by atoms with van der Waals surface area (Å²) in [6, 6.07) is 7.01. The number of aromatic nitrogens is 2. The summed E-state index contributed by atoms with van der Waals surface area (Å²) in [5.41, 5.74) is 0.724. The van der Waals surface area contributed by atoms with Gasteiger partial charge < -0.3 is 0 Å². The number of rotatable bonds is 3. The molecule has 3 nitrogen and oxygen atoms in total. The maximum atomic E-state index is 12.6. The molecule has 0 N–H and O–H groups in total. The lowest BCUT2D eigenvalue weighted by Crippen LogP contribution is -2.04. The molecule has 0 spiro atoms. The van der Waals surface area contributed by atoms with Crippen molar-refractivity contribution in [3.05, 3.63) is 29.3 Å². The molecular weight excluding hydrogens is 232 g/mol. The van der Waals surface area contributed by atoms with E-state index in [1.807, 2.05) is 17.5 Å². The van der Waals surface area contributed by atoms with Crippen LogP contribution < -0.4 is 0 Å². The number of halogens is 2. The number of hydrogen-bond acceptors (Lipinski definition) is 3. The van der Waals surface area contributed by atoms with Crippen molar-refractivity contribution in [1.29, 1.82) is 5.26 Å². The molecule has 0 bridgehead atoms. The smallest absolute Gasteiger partial charge is 0.207 e. The van der Waals surface area contributed by atoms with E-state index in [2.05, 4.69) is 5.10 Å². The molecular formula is C10H7F2N3S. The van der Waals surface area contributed by atoms with Gasteiger partial charge >= 0.3 is 6.55 Å². The van der Waals surface area contributed by atoms with Crippen molar-refractivity contribution in [2.24, 2.45) is 0 Å². The van der Waals surface area contributed by atoms with Gasteiger partial charge in [-0.05, 0) is 17.5 Å². The highest BCUT2D eigenvalue weighted by Gasteiger charge is 2.15. The molecule has 6 heteroatoms. The third-order valence-corrected chi connectivity index (χ3v) is 2.92. The summed E-state index contributed by atoms with van der Waals surface area (Å²) in [7, 11) is 0. The van der Waals surface area contributed by atoms with E-state index < -0.39 is 6.55 Å². The van der Waals surface area contributed by atoms with Gasteiger partial charge in [-0.15, -0.1) is 11.3 Å². The van der Waals surface area contributed by atoms with Gasteiger partial charge in [0, 0.05) is 0 Å². The van der Waals surface area contributed by atoms with Crippen LogP contribution in [0, 0.1) is 11.3 Å². The van der Waals surface area contributed by atoms with Gasteiger partial charge in [0.15, 0.2) is 0 Å². The highest BCUT2D eigenvalue weighted by molar-refractivity contribution is 7.13. The Bertz CT molecular complexity index is 511. The number of hydrogen-bond donors (Lipinski definition) is 0. The molecule has 2 aromatic rings. The fourth-order valence-electron chi connectivity index (χ4n) is 1.36. The van der Waals surface area contributed by atoms with Gasteiger partial charge in [0.1, 0.15) is 5.69 Å². The second kappa shape index (κ2) is 4.41. The van der Waals surface area contributed by atoms with Crippen molar-refractivity contribution in [2.45, 2.75) is 13.0 Å². The van der Waals surface area contributed by atoms with Crippen LogP contribution in [-0.2, 0) is 6.42 Å². The fourth-order valence-corrected chi connectivity index (χ4v) is 2.04. The second-order valence-electron chi connectivity index (χ2n) is 3.06. The Hall–Kier alpha value is -1.74. The van der Waals surface area contributed by atoms with E-state index in [4.69, 9.17) is 5.26 Å². The molecule has 0 aromatic carbocycles. The van der Waals surface area contributed by atoms with Gasteiger partial charge in [0.2, 0.25) is 0 Å². The SMILES string of the molecule is N#CCc1cc(-c2cccs2)nn1C(F)F. The monoisotopic (exact) mass is 239 g/mol. The highest BCUT2D eigenvalue weighted by atomic mass is 32.1. The van der Waals surface area contributed by atoms with Crippen LogP contribution in [-0.4, -0.2) is 9.78 Å². The molecule has 0 saturated heterocycles. The number of nitrogens with zero attached hydrogens (tertiary/aromatic N) is 3.